The summed E-state index contributed by atoms with van der Waals surface area (Å²) in [5.74, 6) is 1.81. The maximum atomic E-state index is 6.85. The van der Waals surface area contributed by atoms with E-state index in [9.17, 15) is 0 Å². The van der Waals surface area contributed by atoms with Gasteiger partial charge in [-0.2, -0.15) is 0 Å². The van der Waals surface area contributed by atoms with Gasteiger partial charge in [0.05, 0.1) is 16.4 Å². The Morgan fingerprint density at radius 3 is 1.76 bits per heavy atom. The Kier molecular flexibility index (Phi) is 4.95. The van der Waals surface area contributed by atoms with Gasteiger partial charge in [-0.05, 0) is 63.7 Å². The second kappa shape index (κ2) is 9.07. The first-order valence-electron chi connectivity index (χ1n) is 15.5. The fourth-order valence-electron chi connectivity index (χ4n) is 8.03. The summed E-state index contributed by atoms with van der Waals surface area (Å²) in [6.07, 6.45) is 0. The molecule has 8 aromatic rings. The molecule has 1 aromatic heterocycles. The summed E-state index contributed by atoms with van der Waals surface area (Å²) in [6.45, 7) is 0. The van der Waals surface area contributed by atoms with Crippen molar-refractivity contribution in [1.82, 2.24) is 4.57 Å². The van der Waals surface area contributed by atoms with Crippen LogP contribution in [0.25, 0.3) is 49.7 Å². The number of benzene rings is 7. The van der Waals surface area contributed by atoms with Crippen LogP contribution in [0.2, 0.25) is 0 Å². The van der Waals surface area contributed by atoms with Gasteiger partial charge in [0.15, 0.2) is 0 Å². The minimum Gasteiger partial charge on any atom is -0.457 e. The molecule has 1 aliphatic carbocycles. The van der Waals surface area contributed by atoms with Crippen molar-refractivity contribution in [1.29, 1.82) is 0 Å². The Morgan fingerprint density at radius 2 is 1.00 bits per heavy atom. The van der Waals surface area contributed by atoms with Gasteiger partial charge in [0.25, 0.3) is 0 Å². The average molecular weight is 574 g/mol. The van der Waals surface area contributed by atoms with E-state index in [0.717, 1.165) is 22.7 Å². The van der Waals surface area contributed by atoms with E-state index in [1.807, 2.05) is 0 Å². The third-order valence-electron chi connectivity index (χ3n) is 9.87. The highest BCUT2D eigenvalue weighted by Crippen LogP contribution is 2.62. The molecule has 2 heterocycles. The number of ether oxygens (including phenoxy) is 1. The number of rotatable bonds is 2. The predicted octanol–water partition coefficient (Wildman–Crippen LogP) is 10.9. The smallest absolute Gasteiger partial charge is 0.134 e. The summed E-state index contributed by atoms with van der Waals surface area (Å²) >= 11 is 0. The van der Waals surface area contributed by atoms with Gasteiger partial charge in [0, 0.05) is 33.7 Å². The first-order chi connectivity index (χ1) is 22.3. The number of hydrogen-bond acceptors (Lipinski definition) is 1. The molecule has 1 aliphatic heterocycles. The number of hydrogen-bond donors (Lipinski definition) is 0. The third-order valence-corrected chi connectivity index (χ3v) is 9.87. The minimum absolute atomic E-state index is 0.480. The summed E-state index contributed by atoms with van der Waals surface area (Å²) in [5, 5.41) is 2.46. The maximum absolute atomic E-state index is 6.85. The fourth-order valence-corrected chi connectivity index (χ4v) is 8.03. The Bertz CT molecular complexity index is 2400. The van der Waals surface area contributed by atoms with Crippen LogP contribution >= 0.6 is 0 Å². The zero-order valence-corrected chi connectivity index (χ0v) is 24.4. The van der Waals surface area contributed by atoms with E-state index < -0.39 is 5.41 Å². The van der Waals surface area contributed by atoms with Gasteiger partial charge in [-0.15, -0.1) is 0 Å². The summed E-state index contributed by atoms with van der Waals surface area (Å²) < 4.78 is 9.23. The molecule has 1 spiro atoms. The van der Waals surface area contributed by atoms with Crippen molar-refractivity contribution in [3.05, 3.63) is 186 Å². The van der Waals surface area contributed by atoms with Crippen LogP contribution < -0.4 is 4.74 Å². The van der Waals surface area contributed by atoms with Crippen molar-refractivity contribution in [2.45, 2.75) is 5.41 Å². The number of para-hydroxylation sites is 2. The largest absolute Gasteiger partial charge is 0.457 e. The zero-order chi connectivity index (χ0) is 29.5. The minimum atomic E-state index is -0.480. The first-order valence-corrected chi connectivity index (χ1v) is 15.5. The third kappa shape index (κ3) is 3.23. The lowest BCUT2D eigenvalue weighted by Gasteiger charge is -2.39. The molecule has 2 nitrogen and oxygen atoms in total. The van der Waals surface area contributed by atoms with Crippen molar-refractivity contribution < 1.29 is 4.74 Å². The van der Waals surface area contributed by atoms with Crippen molar-refractivity contribution in [2.24, 2.45) is 0 Å². The average Bonchev–Trinajstić information content (AvgIpc) is 3.59. The van der Waals surface area contributed by atoms with Gasteiger partial charge in [-0.3, -0.25) is 0 Å². The SMILES string of the molecule is c1ccc(-c2ccc(-n3c4ccccc4c4cc5c(cc43)Oc3ccccc3C53c4ccccc4-c4ccccc43)cc2)cc1. The van der Waals surface area contributed by atoms with Crippen LogP contribution in [-0.2, 0) is 5.41 Å². The molecule has 0 N–H and O–H groups in total. The van der Waals surface area contributed by atoms with Gasteiger partial charge in [0.1, 0.15) is 11.5 Å². The lowest BCUT2D eigenvalue weighted by atomic mass is 9.66. The standard InChI is InChI=1S/C43H27NO/c1-2-12-28(13-3-1)29-22-24-30(25-23-29)44-39-20-10-6-16-33(39)34-26-38-42(27-40(34)44)45-41-21-11-9-19-37(41)43(38)35-17-7-4-14-31(35)32-15-5-8-18-36(32)43/h1-27H. The van der Waals surface area contributed by atoms with E-state index in [1.54, 1.807) is 0 Å². The lowest BCUT2D eigenvalue weighted by molar-refractivity contribution is 0.437. The van der Waals surface area contributed by atoms with Crippen LogP contribution in [0.4, 0.5) is 0 Å². The second-order valence-corrected chi connectivity index (χ2v) is 12.1. The maximum Gasteiger partial charge on any atom is 0.134 e. The molecule has 0 amide bonds. The molecule has 0 unspecified atom stereocenters. The molecular formula is C43H27NO. The molecule has 0 radical (unpaired) electrons. The summed E-state index contributed by atoms with van der Waals surface area (Å²) in [7, 11) is 0. The molecule has 0 saturated carbocycles. The van der Waals surface area contributed by atoms with Crippen LogP contribution in [0.15, 0.2) is 164 Å². The Hall–Kier alpha value is -5.86. The van der Waals surface area contributed by atoms with Gasteiger partial charge in [0.2, 0.25) is 0 Å². The van der Waals surface area contributed by atoms with Gasteiger partial charge >= 0.3 is 0 Å². The zero-order valence-electron chi connectivity index (χ0n) is 24.4. The van der Waals surface area contributed by atoms with E-state index in [-0.39, 0.29) is 0 Å². The van der Waals surface area contributed by atoms with E-state index in [1.165, 1.54) is 60.8 Å². The second-order valence-electron chi connectivity index (χ2n) is 12.1. The van der Waals surface area contributed by atoms with Crippen molar-refractivity contribution in [3.63, 3.8) is 0 Å². The highest BCUT2D eigenvalue weighted by molar-refractivity contribution is 6.10. The molecule has 0 saturated heterocycles. The topological polar surface area (TPSA) is 14.2 Å². The van der Waals surface area contributed by atoms with Crippen molar-refractivity contribution >= 4 is 21.8 Å². The molecule has 7 aromatic carbocycles. The van der Waals surface area contributed by atoms with Crippen LogP contribution in [-0.4, -0.2) is 4.57 Å². The van der Waals surface area contributed by atoms with Gasteiger partial charge < -0.3 is 9.30 Å². The molecule has 0 fully saturated rings. The highest BCUT2D eigenvalue weighted by Gasteiger charge is 2.51. The normalized spacial score (nSPS) is 13.7. The van der Waals surface area contributed by atoms with Crippen molar-refractivity contribution in [2.75, 3.05) is 0 Å². The molecule has 0 bridgehead atoms. The van der Waals surface area contributed by atoms with Crippen LogP contribution in [0, 0.1) is 0 Å². The van der Waals surface area contributed by atoms with E-state index in [4.69, 9.17) is 4.74 Å². The van der Waals surface area contributed by atoms with E-state index >= 15 is 0 Å². The molecule has 10 rings (SSSR count). The van der Waals surface area contributed by atoms with Gasteiger partial charge in [-0.1, -0.05) is 127 Å². The Labute approximate surface area is 261 Å². The molecule has 45 heavy (non-hydrogen) atoms. The first kappa shape index (κ1) is 24.6. The summed E-state index contributed by atoms with van der Waals surface area (Å²) in [4.78, 5) is 0. The lowest BCUT2D eigenvalue weighted by Crippen LogP contribution is -2.32. The monoisotopic (exact) mass is 573 g/mol. The predicted molar refractivity (Wildman–Crippen MR) is 184 cm³/mol. The van der Waals surface area contributed by atoms with E-state index in [0.29, 0.717) is 0 Å². The van der Waals surface area contributed by atoms with Crippen LogP contribution in [0.3, 0.4) is 0 Å². The highest BCUT2D eigenvalue weighted by atomic mass is 16.5. The number of fused-ring (bicyclic) bond motifs is 12. The molecule has 2 heteroatoms. The van der Waals surface area contributed by atoms with E-state index in [2.05, 4.69) is 168 Å². The Balaban J connectivity index is 1.28. The van der Waals surface area contributed by atoms with Gasteiger partial charge in [-0.25, -0.2) is 0 Å². The summed E-state index contributed by atoms with van der Waals surface area (Å²) in [5.41, 5.74) is 13.0. The van der Waals surface area contributed by atoms with Crippen molar-refractivity contribution in [3.8, 4) is 39.4 Å². The molecular weight excluding hydrogens is 546 g/mol. The number of nitrogens with zero attached hydrogens (tertiary/aromatic N) is 1. The molecule has 2 aliphatic rings. The number of aromatic nitrogens is 1. The van der Waals surface area contributed by atoms with Crippen LogP contribution in [0.5, 0.6) is 11.5 Å². The van der Waals surface area contributed by atoms with Crippen LogP contribution in [0.1, 0.15) is 22.3 Å². The Morgan fingerprint density at radius 1 is 0.400 bits per heavy atom. The molecule has 210 valence electrons. The molecule has 0 atom stereocenters. The fraction of sp³-hybridized carbons (Fsp3) is 0.0233. The quantitative estimate of drug-likeness (QED) is 0.201. The summed E-state index contributed by atoms with van der Waals surface area (Å²) in [6, 6.07) is 59.3.